The van der Waals surface area contributed by atoms with E-state index < -0.39 is 58.7 Å². The van der Waals surface area contributed by atoms with Crippen LogP contribution in [0.3, 0.4) is 0 Å². The van der Waals surface area contributed by atoms with Gasteiger partial charge in [-0.3, -0.25) is 9.36 Å². The SMILES string of the molecule is CC(C)n1c(=O)c(-c2cc(F)c(NSCCC(F)(F)F)c(F)c2F)cc2cnc(N)nc21.CN(C)C1CCCCC1. The number of fused-ring (bicyclic) bond motifs is 1. The van der Waals surface area contributed by atoms with Gasteiger partial charge in [0, 0.05) is 35.0 Å². The average Bonchev–Trinajstić information content (AvgIpc) is 2.90. The van der Waals surface area contributed by atoms with E-state index in [0.29, 0.717) is 18.0 Å². The van der Waals surface area contributed by atoms with Crippen LogP contribution in [0.4, 0.5) is 38.0 Å². The number of hydrogen-bond donors (Lipinski definition) is 2. The number of rotatable bonds is 7. The fraction of sp³-hybridized carbons (Fsp3) is 0.519. The molecule has 14 heteroatoms. The molecule has 7 nitrogen and oxygen atoms in total. The quantitative estimate of drug-likeness (QED) is 0.131. The fourth-order valence-electron chi connectivity index (χ4n) is 4.58. The van der Waals surface area contributed by atoms with E-state index >= 15 is 0 Å². The summed E-state index contributed by atoms with van der Waals surface area (Å²) in [6.45, 7) is 3.32. The molecule has 1 aliphatic carbocycles. The second-order valence-corrected chi connectivity index (χ2v) is 11.2. The van der Waals surface area contributed by atoms with E-state index in [1.807, 2.05) is 0 Å². The minimum Gasteiger partial charge on any atom is -0.368 e. The Bertz CT molecular complexity index is 1410. The van der Waals surface area contributed by atoms with E-state index in [0.717, 1.165) is 6.04 Å². The summed E-state index contributed by atoms with van der Waals surface area (Å²) in [6.07, 6.45) is 2.85. The zero-order valence-electron chi connectivity index (χ0n) is 23.3. The van der Waals surface area contributed by atoms with Gasteiger partial charge in [-0.15, -0.1) is 0 Å². The first kappa shape index (κ1) is 32.5. The predicted octanol–water partition coefficient (Wildman–Crippen LogP) is 6.93. The van der Waals surface area contributed by atoms with Crippen LogP contribution in [-0.4, -0.2) is 51.5 Å². The van der Waals surface area contributed by atoms with Crippen molar-refractivity contribution < 1.29 is 26.3 Å². The average molecular weight is 605 g/mol. The molecule has 3 aromatic rings. The van der Waals surface area contributed by atoms with Crippen LogP contribution in [0.25, 0.3) is 22.2 Å². The Morgan fingerprint density at radius 3 is 2.32 bits per heavy atom. The van der Waals surface area contributed by atoms with Gasteiger partial charge in [0.1, 0.15) is 11.3 Å². The fourth-order valence-corrected chi connectivity index (χ4v) is 5.34. The van der Waals surface area contributed by atoms with Crippen molar-refractivity contribution in [3.8, 4) is 11.1 Å². The molecule has 1 aliphatic rings. The molecule has 4 rings (SSSR count). The summed E-state index contributed by atoms with van der Waals surface area (Å²) in [7, 11) is 4.38. The number of hydrogen-bond acceptors (Lipinski definition) is 7. The second kappa shape index (κ2) is 13.8. The predicted molar refractivity (Wildman–Crippen MR) is 151 cm³/mol. The van der Waals surface area contributed by atoms with E-state index in [1.54, 1.807) is 13.8 Å². The number of aromatic nitrogens is 3. The summed E-state index contributed by atoms with van der Waals surface area (Å²) in [5.74, 6) is -5.11. The second-order valence-electron chi connectivity index (χ2n) is 10.3. The third kappa shape index (κ3) is 8.28. The third-order valence-electron chi connectivity index (χ3n) is 6.72. The van der Waals surface area contributed by atoms with Gasteiger partial charge < -0.3 is 15.4 Å². The van der Waals surface area contributed by atoms with Crippen LogP contribution in [0.2, 0.25) is 0 Å². The Labute approximate surface area is 238 Å². The molecule has 0 spiro atoms. The molecule has 0 saturated heterocycles. The highest BCUT2D eigenvalue weighted by molar-refractivity contribution is 8.00. The molecular weight excluding hydrogens is 570 g/mol. The standard InChI is InChI=1S/C19H17F6N5OS.C8H17N/c1-8(2)30-16-9(7-27-18(26)28-16)5-11(17(30)31)10-6-12(20)15(14(22)13(10)21)29-32-4-3-19(23,24)25;1-9(2)8-6-4-3-5-7-8/h5-8,29H,3-4H2,1-2H3,(H2,26,27,28);8H,3-7H2,1-2H3. The molecule has 0 unspecified atom stereocenters. The van der Waals surface area contributed by atoms with E-state index in [9.17, 15) is 31.1 Å². The van der Waals surface area contributed by atoms with Crippen molar-refractivity contribution in [3.63, 3.8) is 0 Å². The Morgan fingerprint density at radius 2 is 1.76 bits per heavy atom. The lowest BCUT2D eigenvalue weighted by Gasteiger charge is -2.27. The van der Waals surface area contributed by atoms with Gasteiger partial charge in [-0.05, 0) is 52.9 Å². The summed E-state index contributed by atoms with van der Waals surface area (Å²) < 4.78 is 83.8. The Hall–Kier alpha value is -3.00. The van der Waals surface area contributed by atoms with Gasteiger partial charge in [0.05, 0.1) is 12.0 Å². The van der Waals surface area contributed by atoms with Crippen molar-refractivity contribution >= 4 is 34.6 Å². The molecule has 226 valence electrons. The summed E-state index contributed by atoms with van der Waals surface area (Å²) >= 11 is 0.374. The van der Waals surface area contributed by atoms with E-state index in [1.165, 1.54) is 48.9 Å². The topological polar surface area (TPSA) is 89.1 Å². The lowest BCUT2D eigenvalue weighted by atomic mass is 9.95. The van der Waals surface area contributed by atoms with E-state index in [-0.39, 0.29) is 22.5 Å². The lowest BCUT2D eigenvalue weighted by molar-refractivity contribution is -0.129. The molecule has 0 aliphatic heterocycles. The highest BCUT2D eigenvalue weighted by Crippen LogP contribution is 2.33. The zero-order valence-corrected chi connectivity index (χ0v) is 24.1. The van der Waals surface area contributed by atoms with Crippen LogP contribution in [0.5, 0.6) is 0 Å². The molecule has 0 bridgehead atoms. The van der Waals surface area contributed by atoms with Gasteiger partial charge >= 0.3 is 6.18 Å². The van der Waals surface area contributed by atoms with Crippen LogP contribution in [0, 0.1) is 17.5 Å². The van der Waals surface area contributed by atoms with Crippen LogP contribution >= 0.6 is 11.9 Å². The summed E-state index contributed by atoms with van der Waals surface area (Å²) in [4.78, 5) is 23.2. The van der Waals surface area contributed by atoms with Gasteiger partial charge in [-0.1, -0.05) is 31.2 Å². The number of nitrogens with two attached hydrogens (primary N) is 1. The molecule has 3 N–H and O–H groups in total. The minimum atomic E-state index is -4.44. The Balaban J connectivity index is 0.000000436. The highest BCUT2D eigenvalue weighted by atomic mass is 32.2. The number of nitrogens with one attached hydrogen (secondary N) is 1. The molecule has 2 heterocycles. The molecule has 0 radical (unpaired) electrons. The first-order chi connectivity index (χ1) is 19.2. The van der Waals surface area contributed by atoms with Crippen molar-refractivity contribution in [1.82, 2.24) is 19.4 Å². The van der Waals surface area contributed by atoms with E-state index in [4.69, 9.17) is 5.73 Å². The Morgan fingerprint density at radius 1 is 1.10 bits per heavy atom. The number of nitrogens with zero attached hydrogens (tertiary/aromatic N) is 4. The van der Waals surface area contributed by atoms with Crippen LogP contribution in [-0.2, 0) is 0 Å². The molecule has 1 fully saturated rings. The summed E-state index contributed by atoms with van der Waals surface area (Å²) in [5.41, 5.74) is 3.05. The van der Waals surface area contributed by atoms with Gasteiger partial charge in [-0.25, -0.2) is 18.2 Å². The molecule has 2 aromatic heterocycles. The van der Waals surface area contributed by atoms with E-state index in [2.05, 4.69) is 33.7 Å². The molecule has 0 atom stereocenters. The van der Waals surface area contributed by atoms with Crippen LogP contribution < -0.4 is 16.0 Å². The van der Waals surface area contributed by atoms with Crippen molar-refractivity contribution in [2.75, 3.05) is 30.3 Å². The molecule has 1 aromatic carbocycles. The van der Waals surface area contributed by atoms with Gasteiger partial charge in [0.15, 0.2) is 17.5 Å². The van der Waals surface area contributed by atoms with Crippen LogP contribution in [0.15, 0.2) is 23.1 Å². The molecular formula is C27H34F6N6OS. The first-order valence-electron chi connectivity index (χ1n) is 13.2. The highest BCUT2D eigenvalue weighted by Gasteiger charge is 2.27. The number of pyridine rings is 1. The number of benzene rings is 1. The summed E-state index contributed by atoms with van der Waals surface area (Å²) in [6, 6.07) is 2.23. The van der Waals surface area contributed by atoms with Crippen LogP contribution in [0.1, 0.15) is 58.4 Å². The van der Waals surface area contributed by atoms with Crippen molar-refractivity contribution in [2.45, 2.75) is 70.6 Å². The number of nitrogen functional groups attached to an aromatic ring is 1. The Kier molecular flexibility index (Phi) is 10.9. The molecule has 1 saturated carbocycles. The summed E-state index contributed by atoms with van der Waals surface area (Å²) in [5, 5.41) is 0.285. The first-order valence-corrected chi connectivity index (χ1v) is 14.2. The normalized spacial score (nSPS) is 14.4. The lowest BCUT2D eigenvalue weighted by Crippen LogP contribution is -2.29. The smallest absolute Gasteiger partial charge is 0.368 e. The molecule has 41 heavy (non-hydrogen) atoms. The third-order valence-corrected chi connectivity index (χ3v) is 7.48. The van der Waals surface area contributed by atoms with Gasteiger partial charge in [-0.2, -0.15) is 18.2 Å². The number of halogens is 6. The van der Waals surface area contributed by atoms with Crippen molar-refractivity contribution in [2.24, 2.45) is 0 Å². The van der Waals surface area contributed by atoms with Gasteiger partial charge in [0.25, 0.3) is 5.56 Å². The number of anilines is 2. The largest absolute Gasteiger partial charge is 0.389 e. The van der Waals surface area contributed by atoms with Gasteiger partial charge in [0.2, 0.25) is 5.95 Å². The maximum Gasteiger partial charge on any atom is 0.389 e. The minimum absolute atomic E-state index is 0.0965. The zero-order chi connectivity index (χ0) is 30.5. The molecule has 0 amide bonds. The van der Waals surface area contributed by atoms with Crippen molar-refractivity contribution in [1.29, 1.82) is 0 Å². The maximum absolute atomic E-state index is 14.8. The maximum atomic E-state index is 14.8. The van der Waals surface area contributed by atoms with Crippen molar-refractivity contribution in [3.05, 3.63) is 46.1 Å². The number of alkyl halides is 3. The monoisotopic (exact) mass is 604 g/mol.